The number of alkyl halides is 1. The second kappa shape index (κ2) is 4.12. The van der Waals surface area contributed by atoms with Crippen LogP contribution in [0.4, 0.5) is 0 Å². The van der Waals surface area contributed by atoms with Crippen molar-refractivity contribution in [2.75, 3.05) is 0 Å². The van der Waals surface area contributed by atoms with Crippen LogP contribution in [-0.2, 0) is 4.79 Å². The predicted octanol–water partition coefficient (Wildman–Crippen LogP) is 1.24. The molecule has 0 saturated heterocycles. The van der Waals surface area contributed by atoms with Crippen molar-refractivity contribution < 1.29 is 9.90 Å². The van der Waals surface area contributed by atoms with Crippen molar-refractivity contribution in [2.24, 2.45) is 0 Å². The number of carboxylic acid groups (broad SMARTS) is 1. The van der Waals surface area contributed by atoms with E-state index in [0.29, 0.717) is 0 Å². The molecule has 42 valence electrons. The summed E-state index contributed by atoms with van der Waals surface area (Å²) in [5, 5.41) is 6.89. The first kappa shape index (κ1) is 6.95. The lowest BCUT2D eigenvalue weighted by molar-refractivity contribution is -0.122. The van der Waals surface area contributed by atoms with E-state index in [4.69, 9.17) is 9.90 Å². The highest BCUT2D eigenvalue weighted by atomic mass is 79.9. The molecule has 0 aromatic carbocycles. The highest BCUT2D eigenvalue weighted by molar-refractivity contribution is 9.09. The average Bonchev–Trinajstić information content (AvgIpc) is 2.25. The van der Waals surface area contributed by atoms with Crippen LogP contribution in [0.15, 0.2) is 0 Å². The molecule has 2 nitrogen and oxygen atoms in total. The van der Waals surface area contributed by atoms with Crippen molar-refractivity contribution in [3.05, 3.63) is 0 Å². The lowest BCUT2D eigenvalue weighted by Crippen LogP contribution is -1.49. The van der Waals surface area contributed by atoms with E-state index in [1.54, 1.807) is 0 Å². The van der Waals surface area contributed by atoms with Crippen LogP contribution >= 0.6 is 15.9 Å². The highest BCUT2D eigenvalue weighted by Crippen LogP contribution is 2.27. The lowest BCUT2D eigenvalue weighted by Gasteiger charge is -1.50. The first-order valence-electron chi connectivity index (χ1n) is 2.03. The molecule has 0 heterocycles. The van der Waals surface area contributed by atoms with Gasteiger partial charge in [0.15, 0.2) is 0 Å². The summed E-state index contributed by atoms with van der Waals surface area (Å²) in [7, 11) is 0. The first-order chi connectivity index (χ1) is 3.31. The van der Waals surface area contributed by atoms with Gasteiger partial charge in [-0.1, -0.05) is 15.9 Å². The van der Waals surface area contributed by atoms with Gasteiger partial charge in [0, 0.05) is 4.83 Å². The molecule has 0 radical (unpaired) electrons. The highest BCUT2D eigenvalue weighted by Gasteiger charge is 2.15. The van der Waals surface area contributed by atoms with Gasteiger partial charge >= 0.3 is 0 Å². The summed E-state index contributed by atoms with van der Waals surface area (Å²) >= 11 is 3.38. The van der Waals surface area contributed by atoms with Gasteiger partial charge in [0.2, 0.25) is 0 Å². The zero-order valence-electron chi connectivity index (χ0n) is 3.80. The van der Waals surface area contributed by atoms with E-state index in [-0.39, 0.29) is 6.47 Å². The van der Waals surface area contributed by atoms with Gasteiger partial charge in [-0.25, -0.2) is 0 Å². The van der Waals surface area contributed by atoms with Gasteiger partial charge in [-0.15, -0.1) is 0 Å². The summed E-state index contributed by atoms with van der Waals surface area (Å²) in [6.07, 6.45) is 2.81. The fourth-order valence-electron chi connectivity index (χ4n) is 0.0630. The van der Waals surface area contributed by atoms with Crippen LogP contribution in [0.5, 0.6) is 0 Å². The standard InChI is InChI=1S/C3H5Br.CH2O2/c4-3-1-2-3;2-1-3/h3H,1-2H2;1H,(H,2,3). The lowest BCUT2D eigenvalue weighted by atomic mass is 11.0. The third-order valence-corrected chi connectivity index (χ3v) is 1.42. The van der Waals surface area contributed by atoms with E-state index in [1.807, 2.05) is 0 Å². The predicted molar refractivity (Wildman–Crippen MR) is 30.6 cm³/mol. The fourth-order valence-corrected chi connectivity index (χ4v) is 0.327. The SMILES string of the molecule is BrC1CC1.O=CO. The minimum atomic E-state index is -0.250. The van der Waals surface area contributed by atoms with Crippen molar-refractivity contribution in [3.8, 4) is 0 Å². The molecule has 1 aliphatic carbocycles. The molecule has 0 bridgehead atoms. The van der Waals surface area contributed by atoms with Gasteiger partial charge in [0.25, 0.3) is 6.47 Å². The summed E-state index contributed by atoms with van der Waals surface area (Å²) in [5.74, 6) is 0. The van der Waals surface area contributed by atoms with Crippen LogP contribution < -0.4 is 0 Å². The van der Waals surface area contributed by atoms with Crippen LogP contribution in [0.1, 0.15) is 12.8 Å². The van der Waals surface area contributed by atoms with Crippen LogP contribution in [0.3, 0.4) is 0 Å². The third kappa shape index (κ3) is 10.7. The second-order valence-corrected chi connectivity index (χ2v) is 2.58. The molecule has 1 fully saturated rings. The molecular formula is C4H7BrO2. The number of halogens is 1. The fraction of sp³-hybridized carbons (Fsp3) is 0.750. The van der Waals surface area contributed by atoms with Crippen molar-refractivity contribution in [3.63, 3.8) is 0 Å². The van der Waals surface area contributed by atoms with Gasteiger partial charge in [0.05, 0.1) is 0 Å². The molecule has 7 heavy (non-hydrogen) atoms. The van der Waals surface area contributed by atoms with Gasteiger partial charge in [-0.3, -0.25) is 4.79 Å². The van der Waals surface area contributed by atoms with Gasteiger partial charge in [0.1, 0.15) is 0 Å². The van der Waals surface area contributed by atoms with E-state index in [9.17, 15) is 0 Å². The largest absolute Gasteiger partial charge is 0.483 e. The molecule has 1 N–H and O–H groups in total. The number of rotatable bonds is 0. The number of hydrogen-bond acceptors (Lipinski definition) is 1. The van der Waals surface area contributed by atoms with E-state index >= 15 is 0 Å². The van der Waals surface area contributed by atoms with Crippen LogP contribution in [-0.4, -0.2) is 16.4 Å². The maximum absolute atomic E-state index is 8.36. The summed E-state index contributed by atoms with van der Waals surface area (Å²) in [6, 6.07) is 0. The normalized spacial score (nSPS) is 16.7. The molecule has 0 aromatic heterocycles. The molecule has 0 atom stereocenters. The molecule has 0 spiro atoms. The maximum atomic E-state index is 8.36. The molecule has 3 heteroatoms. The molecule has 0 aliphatic heterocycles. The second-order valence-electron chi connectivity index (χ2n) is 1.28. The zero-order chi connectivity index (χ0) is 5.70. The Morgan fingerprint density at radius 3 is 1.86 bits per heavy atom. The Labute approximate surface area is 50.7 Å². The van der Waals surface area contributed by atoms with E-state index in [2.05, 4.69) is 15.9 Å². The molecule has 1 aliphatic rings. The Kier molecular flexibility index (Phi) is 4.09. The van der Waals surface area contributed by atoms with Crippen molar-refractivity contribution in [1.29, 1.82) is 0 Å². The van der Waals surface area contributed by atoms with E-state index in [0.717, 1.165) is 4.83 Å². The molecule has 0 aromatic rings. The molecule has 1 saturated carbocycles. The summed E-state index contributed by atoms with van der Waals surface area (Å²) < 4.78 is 0. The van der Waals surface area contributed by atoms with E-state index in [1.165, 1.54) is 12.8 Å². The number of carbonyl (C=O) groups is 1. The molecule has 0 amide bonds. The molecule has 1 rings (SSSR count). The monoisotopic (exact) mass is 166 g/mol. The molecule has 0 unspecified atom stereocenters. The first-order valence-corrected chi connectivity index (χ1v) is 2.94. The third-order valence-electron chi connectivity index (χ3n) is 0.507. The number of hydrogen-bond donors (Lipinski definition) is 1. The minimum absolute atomic E-state index is 0.250. The summed E-state index contributed by atoms with van der Waals surface area (Å²) in [5.41, 5.74) is 0. The smallest absolute Gasteiger partial charge is 0.290 e. The topological polar surface area (TPSA) is 37.3 Å². The molecular weight excluding hydrogens is 160 g/mol. The Morgan fingerprint density at radius 1 is 1.71 bits per heavy atom. The van der Waals surface area contributed by atoms with Gasteiger partial charge < -0.3 is 5.11 Å². The van der Waals surface area contributed by atoms with E-state index < -0.39 is 0 Å². The minimum Gasteiger partial charge on any atom is -0.483 e. The van der Waals surface area contributed by atoms with Gasteiger partial charge in [-0.2, -0.15) is 0 Å². The van der Waals surface area contributed by atoms with Crippen molar-refractivity contribution >= 4 is 22.4 Å². The quantitative estimate of drug-likeness (QED) is 0.435. The maximum Gasteiger partial charge on any atom is 0.290 e. The van der Waals surface area contributed by atoms with Crippen LogP contribution in [0, 0.1) is 0 Å². The Hall–Kier alpha value is -0.0500. The average molecular weight is 167 g/mol. The van der Waals surface area contributed by atoms with Gasteiger partial charge in [-0.05, 0) is 12.8 Å². The Bertz CT molecular complexity index is 51.7. The van der Waals surface area contributed by atoms with Crippen molar-refractivity contribution in [1.82, 2.24) is 0 Å². The summed E-state index contributed by atoms with van der Waals surface area (Å²) in [6.45, 7) is -0.250. The van der Waals surface area contributed by atoms with Crippen LogP contribution in [0.25, 0.3) is 0 Å². The van der Waals surface area contributed by atoms with Crippen LogP contribution in [0.2, 0.25) is 0 Å². The Morgan fingerprint density at radius 2 is 1.86 bits per heavy atom. The van der Waals surface area contributed by atoms with Crippen molar-refractivity contribution in [2.45, 2.75) is 17.7 Å². The Balaban J connectivity index is 0.000000110. The summed E-state index contributed by atoms with van der Waals surface area (Å²) in [4.78, 5) is 9.26. The zero-order valence-corrected chi connectivity index (χ0v) is 5.39.